The highest BCUT2D eigenvalue weighted by Gasteiger charge is 2.07. The normalized spacial score (nSPS) is 10.8. The molecule has 20 heavy (non-hydrogen) atoms. The van der Waals surface area contributed by atoms with Gasteiger partial charge in [0.2, 0.25) is 0 Å². The van der Waals surface area contributed by atoms with Crippen LogP contribution in [-0.4, -0.2) is 25.2 Å². The Balaban J connectivity index is 2.46. The van der Waals surface area contributed by atoms with Gasteiger partial charge in [-0.2, -0.15) is 0 Å². The van der Waals surface area contributed by atoms with Crippen LogP contribution in [-0.2, 0) is 11.3 Å². The van der Waals surface area contributed by atoms with Crippen molar-refractivity contribution in [2.75, 3.05) is 25.6 Å². The molecule has 4 nitrogen and oxygen atoms in total. The molecule has 2 aromatic rings. The number of methoxy groups -OCH3 is 1. The molecule has 0 saturated carbocycles. The summed E-state index contributed by atoms with van der Waals surface area (Å²) in [4.78, 5) is 4.61. The lowest BCUT2D eigenvalue weighted by Gasteiger charge is -2.12. The van der Waals surface area contributed by atoms with Gasteiger partial charge in [0.25, 0.3) is 0 Å². The maximum atomic E-state index is 5.57. The molecule has 0 spiro atoms. The molecular formula is C16H22N2O2. The molecule has 0 radical (unpaired) electrons. The van der Waals surface area contributed by atoms with Crippen LogP contribution in [0.5, 0.6) is 5.75 Å². The second kappa shape index (κ2) is 7.10. The fraction of sp³-hybridized carbons (Fsp3) is 0.438. The van der Waals surface area contributed by atoms with E-state index in [4.69, 9.17) is 9.47 Å². The molecule has 1 heterocycles. The van der Waals surface area contributed by atoms with Gasteiger partial charge in [-0.25, -0.2) is 0 Å². The van der Waals surface area contributed by atoms with E-state index in [-0.39, 0.29) is 0 Å². The predicted octanol–water partition coefficient (Wildman–Crippen LogP) is 3.60. The smallest absolute Gasteiger partial charge is 0.120 e. The van der Waals surface area contributed by atoms with E-state index in [1.165, 1.54) is 0 Å². The van der Waals surface area contributed by atoms with Crippen molar-refractivity contribution in [3.63, 3.8) is 0 Å². The lowest BCUT2D eigenvalue weighted by Crippen LogP contribution is -2.03. The molecule has 0 aliphatic heterocycles. The van der Waals surface area contributed by atoms with E-state index in [1.54, 1.807) is 7.11 Å². The Morgan fingerprint density at radius 3 is 2.75 bits per heavy atom. The van der Waals surface area contributed by atoms with Gasteiger partial charge in [-0.15, -0.1) is 0 Å². The molecule has 1 aromatic carbocycles. The fourth-order valence-corrected chi connectivity index (χ4v) is 2.14. The summed E-state index contributed by atoms with van der Waals surface area (Å²) in [5.41, 5.74) is 2.98. The third kappa shape index (κ3) is 3.39. The zero-order valence-electron chi connectivity index (χ0n) is 12.4. The SMILES string of the molecule is CCCNc1cc(COC)nc2ccc(OCC)cc12. The highest BCUT2D eigenvalue weighted by molar-refractivity contribution is 5.92. The van der Waals surface area contributed by atoms with Gasteiger partial charge in [0.05, 0.1) is 24.4 Å². The van der Waals surface area contributed by atoms with Gasteiger partial charge in [-0.05, 0) is 37.6 Å². The summed E-state index contributed by atoms with van der Waals surface area (Å²) in [6.07, 6.45) is 1.08. The number of nitrogens with zero attached hydrogens (tertiary/aromatic N) is 1. The second-order valence-electron chi connectivity index (χ2n) is 4.63. The van der Waals surface area contributed by atoms with Crippen LogP contribution >= 0.6 is 0 Å². The largest absolute Gasteiger partial charge is 0.494 e. The number of ether oxygens (including phenoxy) is 2. The van der Waals surface area contributed by atoms with E-state index < -0.39 is 0 Å². The highest BCUT2D eigenvalue weighted by atomic mass is 16.5. The number of fused-ring (bicyclic) bond motifs is 1. The summed E-state index contributed by atoms with van der Waals surface area (Å²) < 4.78 is 10.8. The first-order valence-corrected chi connectivity index (χ1v) is 7.07. The van der Waals surface area contributed by atoms with Crippen LogP contribution in [0.25, 0.3) is 10.9 Å². The van der Waals surface area contributed by atoms with Crippen LogP contribution in [0.1, 0.15) is 26.0 Å². The van der Waals surface area contributed by atoms with E-state index in [1.807, 2.05) is 25.1 Å². The Hall–Kier alpha value is -1.81. The Morgan fingerprint density at radius 2 is 2.05 bits per heavy atom. The first-order valence-electron chi connectivity index (χ1n) is 7.07. The number of aromatic nitrogens is 1. The monoisotopic (exact) mass is 274 g/mol. The van der Waals surface area contributed by atoms with Crippen LogP contribution < -0.4 is 10.1 Å². The molecule has 0 saturated heterocycles. The number of pyridine rings is 1. The second-order valence-corrected chi connectivity index (χ2v) is 4.63. The quantitative estimate of drug-likeness (QED) is 0.837. The van der Waals surface area contributed by atoms with E-state index in [0.717, 1.165) is 41.0 Å². The maximum absolute atomic E-state index is 5.57. The van der Waals surface area contributed by atoms with E-state index in [2.05, 4.69) is 23.3 Å². The van der Waals surface area contributed by atoms with Crippen molar-refractivity contribution in [2.45, 2.75) is 26.9 Å². The summed E-state index contributed by atoms with van der Waals surface area (Å²) in [6, 6.07) is 8.05. The summed E-state index contributed by atoms with van der Waals surface area (Å²) in [5, 5.41) is 4.54. The van der Waals surface area contributed by atoms with Crippen molar-refractivity contribution >= 4 is 16.6 Å². The van der Waals surface area contributed by atoms with Gasteiger partial charge < -0.3 is 14.8 Å². The van der Waals surface area contributed by atoms with Gasteiger partial charge in [0.1, 0.15) is 5.75 Å². The van der Waals surface area contributed by atoms with Crippen LogP contribution in [0.15, 0.2) is 24.3 Å². The molecule has 0 aliphatic rings. The van der Waals surface area contributed by atoms with Crippen molar-refractivity contribution < 1.29 is 9.47 Å². The molecule has 108 valence electrons. The average Bonchev–Trinajstić information content (AvgIpc) is 2.46. The van der Waals surface area contributed by atoms with Crippen molar-refractivity contribution in [3.8, 4) is 5.75 Å². The highest BCUT2D eigenvalue weighted by Crippen LogP contribution is 2.27. The third-order valence-corrected chi connectivity index (χ3v) is 3.00. The van der Waals surface area contributed by atoms with E-state index >= 15 is 0 Å². The fourth-order valence-electron chi connectivity index (χ4n) is 2.14. The minimum atomic E-state index is 0.518. The minimum Gasteiger partial charge on any atom is -0.494 e. The first-order chi connectivity index (χ1) is 9.78. The van der Waals surface area contributed by atoms with Crippen LogP contribution in [0.2, 0.25) is 0 Å². The number of benzene rings is 1. The number of hydrogen-bond donors (Lipinski definition) is 1. The minimum absolute atomic E-state index is 0.518. The Kier molecular flexibility index (Phi) is 5.18. The number of anilines is 1. The van der Waals surface area contributed by atoms with Gasteiger partial charge >= 0.3 is 0 Å². The molecule has 0 aliphatic carbocycles. The van der Waals surface area contributed by atoms with E-state index in [0.29, 0.717) is 13.2 Å². The lowest BCUT2D eigenvalue weighted by atomic mass is 10.1. The van der Waals surface area contributed by atoms with Crippen molar-refractivity contribution in [1.29, 1.82) is 0 Å². The average molecular weight is 274 g/mol. The molecule has 0 unspecified atom stereocenters. The Labute approximate surface area is 120 Å². The Morgan fingerprint density at radius 1 is 1.20 bits per heavy atom. The topological polar surface area (TPSA) is 43.4 Å². The summed E-state index contributed by atoms with van der Waals surface area (Å²) in [6.45, 7) is 6.26. The third-order valence-electron chi connectivity index (χ3n) is 3.00. The van der Waals surface area contributed by atoms with Gasteiger partial charge in [0.15, 0.2) is 0 Å². The van der Waals surface area contributed by atoms with Gasteiger partial charge in [0, 0.05) is 24.7 Å². The summed E-state index contributed by atoms with van der Waals surface area (Å²) in [7, 11) is 1.68. The zero-order valence-corrected chi connectivity index (χ0v) is 12.4. The van der Waals surface area contributed by atoms with Crippen LogP contribution in [0.3, 0.4) is 0 Å². The molecule has 0 atom stereocenters. The molecule has 0 bridgehead atoms. The molecule has 1 aromatic heterocycles. The van der Waals surface area contributed by atoms with Gasteiger partial charge in [-0.3, -0.25) is 4.98 Å². The molecule has 1 N–H and O–H groups in total. The molecule has 0 amide bonds. The Bertz CT molecular complexity index is 570. The number of nitrogens with one attached hydrogen (secondary N) is 1. The molecule has 4 heteroatoms. The molecular weight excluding hydrogens is 252 g/mol. The number of hydrogen-bond acceptors (Lipinski definition) is 4. The van der Waals surface area contributed by atoms with E-state index in [9.17, 15) is 0 Å². The maximum Gasteiger partial charge on any atom is 0.120 e. The molecule has 2 rings (SSSR count). The van der Waals surface area contributed by atoms with Crippen molar-refractivity contribution in [3.05, 3.63) is 30.0 Å². The first kappa shape index (κ1) is 14.6. The van der Waals surface area contributed by atoms with Crippen molar-refractivity contribution in [1.82, 2.24) is 4.98 Å². The number of rotatable bonds is 7. The van der Waals surface area contributed by atoms with Gasteiger partial charge in [-0.1, -0.05) is 6.92 Å². The summed E-state index contributed by atoms with van der Waals surface area (Å²) >= 11 is 0. The standard InChI is InChI=1S/C16H22N2O2/c1-4-8-17-16-9-12(11-19-3)18-15-7-6-13(20-5-2)10-14(15)16/h6-7,9-10H,4-5,8,11H2,1-3H3,(H,17,18). The van der Waals surface area contributed by atoms with Crippen LogP contribution in [0.4, 0.5) is 5.69 Å². The molecule has 0 fully saturated rings. The summed E-state index contributed by atoms with van der Waals surface area (Å²) in [5.74, 6) is 0.876. The van der Waals surface area contributed by atoms with Crippen LogP contribution in [0, 0.1) is 0 Å². The lowest BCUT2D eigenvalue weighted by molar-refractivity contribution is 0.182. The van der Waals surface area contributed by atoms with Crippen molar-refractivity contribution in [2.24, 2.45) is 0 Å². The predicted molar refractivity (Wildman–Crippen MR) is 82.4 cm³/mol. The zero-order chi connectivity index (χ0) is 14.4.